The quantitative estimate of drug-likeness (QED) is 0.611. The Morgan fingerprint density at radius 2 is 1.75 bits per heavy atom. The molecule has 0 fully saturated rings. The third kappa shape index (κ3) is 2.82. The number of rotatable bonds is 3. The number of ketones is 1. The lowest BCUT2D eigenvalue weighted by Gasteiger charge is -2.04. The van der Waals surface area contributed by atoms with E-state index in [4.69, 9.17) is 15.8 Å². The molecule has 0 aromatic carbocycles. The van der Waals surface area contributed by atoms with E-state index in [2.05, 4.69) is 0 Å². The van der Waals surface area contributed by atoms with Crippen LogP contribution in [0.2, 0.25) is 0 Å². The number of nitrogens with zero attached hydrogens (tertiary/aromatic N) is 3. The van der Waals surface area contributed by atoms with Gasteiger partial charge >= 0.3 is 0 Å². The Hall–Kier alpha value is -1.86. The first-order chi connectivity index (χ1) is 5.65. The molecular weight excluding hydrogens is 154 g/mol. The summed E-state index contributed by atoms with van der Waals surface area (Å²) < 4.78 is 0. The van der Waals surface area contributed by atoms with E-state index in [0.29, 0.717) is 0 Å². The van der Waals surface area contributed by atoms with E-state index >= 15 is 0 Å². The van der Waals surface area contributed by atoms with Gasteiger partial charge < -0.3 is 0 Å². The van der Waals surface area contributed by atoms with E-state index in [1.165, 1.54) is 6.92 Å². The predicted molar refractivity (Wildman–Crippen MR) is 39.1 cm³/mol. The Kier molecular flexibility index (Phi) is 4.12. The van der Waals surface area contributed by atoms with E-state index in [-0.39, 0.29) is 12.2 Å². The van der Waals surface area contributed by atoms with Crippen molar-refractivity contribution in [1.82, 2.24) is 0 Å². The molecule has 0 aliphatic carbocycles. The first-order valence-corrected chi connectivity index (χ1v) is 3.34. The molecule has 1 unspecified atom stereocenters. The minimum atomic E-state index is -1.00. The molecule has 0 amide bonds. The Bertz CT molecular complexity index is 275. The normalized spacial score (nSPS) is 10.9. The number of carbonyl (C=O) groups is 1. The maximum atomic E-state index is 10.6. The predicted octanol–water partition coefficient (Wildman–Crippen LogP) is 0.769. The maximum absolute atomic E-state index is 10.6. The van der Waals surface area contributed by atoms with Crippen LogP contribution in [0.4, 0.5) is 0 Å². The number of nitriles is 3. The molecule has 0 aliphatic rings. The van der Waals surface area contributed by atoms with E-state index in [9.17, 15) is 4.79 Å². The van der Waals surface area contributed by atoms with Gasteiger partial charge in [0.25, 0.3) is 0 Å². The average molecular weight is 161 g/mol. The molecule has 0 aromatic rings. The highest BCUT2D eigenvalue weighted by molar-refractivity contribution is 5.76. The molecule has 0 heterocycles. The number of Topliss-reactive ketones (excluding diaryl/α,β-unsaturated/α-hetero) is 1. The molecule has 4 heteroatoms. The van der Waals surface area contributed by atoms with Crippen LogP contribution in [0.5, 0.6) is 0 Å². The van der Waals surface area contributed by atoms with E-state index in [0.717, 1.165) is 0 Å². The molecule has 60 valence electrons. The van der Waals surface area contributed by atoms with Crippen molar-refractivity contribution in [2.45, 2.75) is 13.3 Å². The summed E-state index contributed by atoms with van der Waals surface area (Å²) >= 11 is 0. The second-order valence-corrected chi connectivity index (χ2v) is 2.38. The third-order valence-corrected chi connectivity index (χ3v) is 1.35. The Balaban J connectivity index is 4.40. The van der Waals surface area contributed by atoms with E-state index in [1.54, 1.807) is 18.2 Å². The fourth-order valence-corrected chi connectivity index (χ4v) is 0.757. The van der Waals surface area contributed by atoms with Crippen LogP contribution in [0.1, 0.15) is 13.3 Å². The van der Waals surface area contributed by atoms with Crippen molar-refractivity contribution in [2.24, 2.45) is 11.8 Å². The highest BCUT2D eigenvalue weighted by atomic mass is 16.1. The van der Waals surface area contributed by atoms with Crippen LogP contribution >= 0.6 is 0 Å². The van der Waals surface area contributed by atoms with Gasteiger partial charge in [-0.1, -0.05) is 0 Å². The van der Waals surface area contributed by atoms with Gasteiger partial charge in [-0.3, -0.25) is 4.79 Å². The van der Waals surface area contributed by atoms with Crippen LogP contribution in [0.25, 0.3) is 0 Å². The summed E-state index contributed by atoms with van der Waals surface area (Å²) in [6.07, 6.45) is -0.0255. The van der Waals surface area contributed by atoms with Gasteiger partial charge in [0.1, 0.15) is 11.7 Å². The molecule has 0 aliphatic heterocycles. The van der Waals surface area contributed by atoms with E-state index < -0.39 is 11.8 Å². The van der Waals surface area contributed by atoms with Crippen molar-refractivity contribution in [1.29, 1.82) is 15.8 Å². The molecular formula is C8H7N3O. The molecule has 0 saturated carbocycles. The van der Waals surface area contributed by atoms with Gasteiger partial charge in [0, 0.05) is 6.42 Å². The lowest BCUT2D eigenvalue weighted by Crippen LogP contribution is -2.12. The molecule has 4 nitrogen and oxygen atoms in total. The van der Waals surface area contributed by atoms with Gasteiger partial charge in [-0.2, -0.15) is 15.8 Å². The third-order valence-electron chi connectivity index (χ3n) is 1.35. The summed E-state index contributed by atoms with van der Waals surface area (Å²) in [6.45, 7) is 1.33. The summed E-state index contributed by atoms with van der Waals surface area (Å²) in [6, 6.07) is 5.11. The highest BCUT2D eigenvalue weighted by Gasteiger charge is 2.21. The maximum Gasteiger partial charge on any atom is 0.149 e. The minimum Gasteiger partial charge on any atom is -0.300 e. The Morgan fingerprint density at radius 1 is 1.25 bits per heavy atom. The minimum absolute atomic E-state index is 0.0255. The largest absolute Gasteiger partial charge is 0.300 e. The number of carbonyl (C=O) groups excluding carboxylic acids is 1. The summed E-state index contributed by atoms with van der Waals surface area (Å²) in [4.78, 5) is 10.6. The van der Waals surface area contributed by atoms with Crippen molar-refractivity contribution in [2.75, 3.05) is 0 Å². The molecule has 0 N–H and O–H groups in total. The number of hydrogen-bond donors (Lipinski definition) is 0. The van der Waals surface area contributed by atoms with Crippen LogP contribution in [0.3, 0.4) is 0 Å². The molecule has 0 radical (unpaired) electrons. The lowest BCUT2D eigenvalue weighted by atomic mass is 9.92. The van der Waals surface area contributed by atoms with Crippen molar-refractivity contribution in [3.8, 4) is 18.2 Å². The standard InChI is InChI=1S/C8H7N3O/c1-6(12)2-7(3-9)8(4-10)5-11/h7-8H,2H2,1H3. The zero-order valence-corrected chi connectivity index (χ0v) is 6.61. The molecule has 0 rings (SSSR count). The lowest BCUT2D eigenvalue weighted by molar-refractivity contribution is -0.117. The summed E-state index contributed by atoms with van der Waals surface area (Å²) in [5, 5.41) is 25.3. The molecule has 0 aromatic heterocycles. The first-order valence-electron chi connectivity index (χ1n) is 3.34. The molecule has 0 bridgehead atoms. The molecule has 0 spiro atoms. The number of hydrogen-bond acceptors (Lipinski definition) is 4. The van der Waals surface area contributed by atoms with Crippen molar-refractivity contribution < 1.29 is 4.79 Å². The second-order valence-electron chi connectivity index (χ2n) is 2.38. The fourth-order valence-electron chi connectivity index (χ4n) is 0.757. The van der Waals surface area contributed by atoms with Crippen molar-refractivity contribution >= 4 is 5.78 Å². The van der Waals surface area contributed by atoms with Crippen molar-refractivity contribution in [3.05, 3.63) is 0 Å². The Morgan fingerprint density at radius 3 is 2.00 bits per heavy atom. The highest BCUT2D eigenvalue weighted by Crippen LogP contribution is 2.13. The van der Waals surface area contributed by atoms with E-state index in [1.807, 2.05) is 0 Å². The molecule has 0 saturated heterocycles. The fraction of sp³-hybridized carbons (Fsp3) is 0.500. The first kappa shape index (κ1) is 10.1. The van der Waals surface area contributed by atoms with Gasteiger partial charge in [-0.25, -0.2) is 0 Å². The monoisotopic (exact) mass is 161 g/mol. The van der Waals surface area contributed by atoms with Gasteiger partial charge in [0.15, 0.2) is 0 Å². The summed E-state index contributed by atoms with van der Waals surface area (Å²) in [7, 11) is 0. The molecule has 12 heavy (non-hydrogen) atoms. The van der Waals surface area contributed by atoms with Crippen LogP contribution in [0.15, 0.2) is 0 Å². The van der Waals surface area contributed by atoms with Crippen LogP contribution in [-0.4, -0.2) is 5.78 Å². The van der Waals surface area contributed by atoms with Crippen molar-refractivity contribution in [3.63, 3.8) is 0 Å². The second kappa shape index (κ2) is 4.88. The van der Waals surface area contributed by atoms with Gasteiger partial charge in [0.2, 0.25) is 0 Å². The average Bonchev–Trinajstić information content (AvgIpc) is 2.04. The van der Waals surface area contributed by atoms with Gasteiger partial charge in [-0.05, 0) is 6.92 Å². The van der Waals surface area contributed by atoms with Crippen LogP contribution in [-0.2, 0) is 4.79 Å². The van der Waals surface area contributed by atoms with Crippen LogP contribution < -0.4 is 0 Å². The Labute approximate surface area is 70.6 Å². The smallest absolute Gasteiger partial charge is 0.149 e. The zero-order valence-electron chi connectivity index (χ0n) is 6.61. The van der Waals surface area contributed by atoms with Gasteiger partial charge in [-0.15, -0.1) is 0 Å². The molecule has 1 atom stereocenters. The summed E-state index contributed by atoms with van der Waals surface area (Å²) in [5.74, 6) is -1.98. The zero-order chi connectivity index (χ0) is 9.56. The topological polar surface area (TPSA) is 88.4 Å². The van der Waals surface area contributed by atoms with Gasteiger partial charge in [0.05, 0.1) is 24.1 Å². The van der Waals surface area contributed by atoms with Crippen LogP contribution in [0, 0.1) is 45.8 Å². The summed E-state index contributed by atoms with van der Waals surface area (Å²) in [5.41, 5.74) is 0. The SMILES string of the molecule is CC(=O)CC(C#N)C(C#N)C#N.